The molecule has 4 heteroatoms. The van der Waals surface area contributed by atoms with Crippen LogP contribution in [0.25, 0.3) is 11.3 Å². The Morgan fingerprint density at radius 2 is 2.41 bits per heavy atom. The van der Waals surface area contributed by atoms with E-state index in [1.807, 2.05) is 19.4 Å². The van der Waals surface area contributed by atoms with Gasteiger partial charge in [0.2, 0.25) is 0 Å². The number of thiazole rings is 1. The number of rotatable bonds is 5. The van der Waals surface area contributed by atoms with E-state index in [-0.39, 0.29) is 0 Å². The number of aromatic nitrogens is 2. The minimum absolute atomic E-state index is 0.502. The predicted octanol–water partition coefficient (Wildman–Crippen LogP) is 2.68. The SMILES string of the molecule is CNCC1(Cc2nc(-c3cc[nH]c3)cs2)CC1. The van der Waals surface area contributed by atoms with Crippen molar-refractivity contribution in [2.75, 3.05) is 13.6 Å². The third kappa shape index (κ3) is 2.28. The molecule has 2 N–H and O–H groups in total. The van der Waals surface area contributed by atoms with Crippen LogP contribution in [0.2, 0.25) is 0 Å². The maximum Gasteiger partial charge on any atom is 0.0938 e. The van der Waals surface area contributed by atoms with Crippen LogP contribution in [0.1, 0.15) is 17.8 Å². The van der Waals surface area contributed by atoms with E-state index in [0.717, 1.165) is 18.7 Å². The van der Waals surface area contributed by atoms with Gasteiger partial charge in [0.15, 0.2) is 0 Å². The molecule has 0 saturated heterocycles. The van der Waals surface area contributed by atoms with Crippen molar-refractivity contribution in [3.8, 4) is 11.3 Å². The molecule has 0 bridgehead atoms. The molecule has 0 spiro atoms. The van der Waals surface area contributed by atoms with E-state index in [1.165, 1.54) is 23.4 Å². The first-order valence-corrected chi connectivity index (χ1v) is 6.91. The van der Waals surface area contributed by atoms with Crippen molar-refractivity contribution in [2.24, 2.45) is 5.41 Å². The average molecular weight is 247 g/mol. The number of nitrogens with zero attached hydrogens (tertiary/aromatic N) is 1. The van der Waals surface area contributed by atoms with Crippen LogP contribution < -0.4 is 5.32 Å². The fourth-order valence-electron chi connectivity index (χ4n) is 2.30. The molecule has 2 aromatic rings. The van der Waals surface area contributed by atoms with Gasteiger partial charge in [-0.25, -0.2) is 4.98 Å². The second-order valence-corrected chi connectivity index (χ2v) is 5.88. The minimum atomic E-state index is 0.502. The second kappa shape index (κ2) is 4.27. The first-order valence-electron chi connectivity index (χ1n) is 6.04. The van der Waals surface area contributed by atoms with Crippen molar-refractivity contribution in [1.82, 2.24) is 15.3 Å². The molecule has 0 aromatic carbocycles. The van der Waals surface area contributed by atoms with Crippen LogP contribution in [0.15, 0.2) is 23.8 Å². The normalized spacial score (nSPS) is 17.2. The van der Waals surface area contributed by atoms with Gasteiger partial charge < -0.3 is 10.3 Å². The summed E-state index contributed by atoms with van der Waals surface area (Å²) in [6, 6.07) is 2.07. The second-order valence-electron chi connectivity index (χ2n) is 4.93. The Balaban J connectivity index is 1.73. The van der Waals surface area contributed by atoms with E-state index in [0.29, 0.717) is 5.41 Å². The van der Waals surface area contributed by atoms with Crippen LogP contribution in [0.4, 0.5) is 0 Å². The van der Waals surface area contributed by atoms with Crippen molar-refractivity contribution in [3.05, 3.63) is 28.8 Å². The van der Waals surface area contributed by atoms with E-state index in [1.54, 1.807) is 11.3 Å². The van der Waals surface area contributed by atoms with E-state index in [4.69, 9.17) is 4.98 Å². The molecule has 0 amide bonds. The number of H-pyrrole nitrogens is 1. The fraction of sp³-hybridized carbons (Fsp3) is 0.462. The maximum atomic E-state index is 4.73. The fourth-order valence-corrected chi connectivity index (χ4v) is 3.27. The Bertz CT molecular complexity index is 482. The lowest BCUT2D eigenvalue weighted by atomic mass is 10.0. The van der Waals surface area contributed by atoms with Crippen molar-refractivity contribution < 1.29 is 0 Å². The zero-order chi connectivity index (χ0) is 11.7. The quantitative estimate of drug-likeness (QED) is 0.853. The molecule has 0 atom stereocenters. The largest absolute Gasteiger partial charge is 0.367 e. The summed E-state index contributed by atoms with van der Waals surface area (Å²) in [7, 11) is 2.03. The molecule has 3 rings (SSSR count). The molecule has 0 radical (unpaired) electrons. The Morgan fingerprint density at radius 3 is 3.06 bits per heavy atom. The van der Waals surface area contributed by atoms with Gasteiger partial charge in [-0.3, -0.25) is 0 Å². The number of nitrogens with one attached hydrogen (secondary N) is 2. The lowest BCUT2D eigenvalue weighted by Gasteiger charge is -2.11. The van der Waals surface area contributed by atoms with Crippen molar-refractivity contribution in [1.29, 1.82) is 0 Å². The highest BCUT2D eigenvalue weighted by atomic mass is 32.1. The van der Waals surface area contributed by atoms with Crippen molar-refractivity contribution in [3.63, 3.8) is 0 Å². The summed E-state index contributed by atoms with van der Waals surface area (Å²) in [5.74, 6) is 0. The van der Waals surface area contributed by atoms with Crippen LogP contribution in [-0.2, 0) is 6.42 Å². The predicted molar refractivity (Wildman–Crippen MR) is 71.2 cm³/mol. The summed E-state index contributed by atoms with van der Waals surface area (Å²) in [6.45, 7) is 1.12. The van der Waals surface area contributed by atoms with Gasteiger partial charge in [-0.2, -0.15) is 0 Å². The van der Waals surface area contributed by atoms with Gasteiger partial charge in [0, 0.05) is 36.3 Å². The molecule has 1 fully saturated rings. The van der Waals surface area contributed by atoms with Gasteiger partial charge in [-0.15, -0.1) is 11.3 Å². The zero-order valence-corrected chi connectivity index (χ0v) is 10.8. The molecule has 1 aliphatic rings. The molecule has 2 heterocycles. The molecule has 17 heavy (non-hydrogen) atoms. The lowest BCUT2D eigenvalue weighted by Crippen LogP contribution is -2.21. The maximum absolute atomic E-state index is 4.73. The Morgan fingerprint density at radius 1 is 1.53 bits per heavy atom. The standard InChI is InChI=1S/C13H17N3S/c1-14-9-13(3-4-13)6-12-16-11(8-17-12)10-2-5-15-7-10/h2,5,7-8,14-15H,3-4,6,9H2,1H3. The first-order chi connectivity index (χ1) is 8.31. The minimum Gasteiger partial charge on any atom is -0.367 e. The summed E-state index contributed by atoms with van der Waals surface area (Å²) < 4.78 is 0. The smallest absolute Gasteiger partial charge is 0.0938 e. The number of hydrogen-bond acceptors (Lipinski definition) is 3. The van der Waals surface area contributed by atoms with Crippen LogP contribution in [0.5, 0.6) is 0 Å². The van der Waals surface area contributed by atoms with Crippen LogP contribution in [-0.4, -0.2) is 23.6 Å². The zero-order valence-electron chi connectivity index (χ0n) is 9.99. The molecule has 3 nitrogen and oxygen atoms in total. The third-order valence-corrected chi connectivity index (χ3v) is 4.33. The van der Waals surface area contributed by atoms with Crippen molar-refractivity contribution >= 4 is 11.3 Å². The summed E-state index contributed by atoms with van der Waals surface area (Å²) in [5, 5.41) is 6.73. The van der Waals surface area contributed by atoms with Gasteiger partial charge in [-0.1, -0.05) is 0 Å². The van der Waals surface area contributed by atoms with E-state index >= 15 is 0 Å². The molecular weight excluding hydrogens is 230 g/mol. The number of hydrogen-bond donors (Lipinski definition) is 2. The van der Waals surface area contributed by atoms with Gasteiger partial charge in [0.1, 0.15) is 0 Å². The molecular formula is C13H17N3S. The Hall–Kier alpha value is -1.13. The highest BCUT2D eigenvalue weighted by molar-refractivity contribution is 7.09. The number of aromatic amines is 1. The summed E-state index contributed by atoms with van der Waals surface area (Å²) >= 11 is 1.79. The summed E-state index contributed by atoms with van der Waals surface area (Å²) in [6.07, 6.45) is 7.75. The topological polar surface area (TPSA) is 40.7 Å². The molecule has 1 saturated carbocycles. The van der Waals surface area contributed by atoms with E-state index in [2.05, 4.69) is 21.7 Å². The first kappa shape index (κ1) is 11.0. The molecule has 0 aliphatic heterocycles. The summed E-state index contributed by atoms with van der Waals surface area (Å²) in [4.78, 5) is 7.80. The van der Waals surface area contributed by atoms with Crippen LogP contribution in [0.3, 0.4) is 0 Å². The third-order valence-electron chi connectivity index (χ3n) is 3.48. The van der Waals surface area contributed by atoms with E-state index < -0.39 is 0 Å². The van der Waals surface area contributed by atoms with Gasteiger partial charge in [0.05, 0.1) is 10.7 Å². The van der Waals surface area contributed by atoms with Crippen molar-refractivity contribution in [2.45, 2.75) is 19.3 Å². The van der Waals surface area contributed by atoms with Gasteiger partial charge in [-0.05, 0) is 31.4 Å². The van der Waals surface area contributed by atoms with Crippen LogP contribution >= 0.6 is 11.3 Å². The highest BCUT2D eigenvalue weighted by Gasteiger charge is 2.42. The molecule has 0 unspecified atom stereocenters. The van der Waals surface area contributed by atoms with Crippen LogP contribution in [0, 0.1) is 5.41 Å². The molecule has 2 aromatic heterocycles. The summed E-state index contributed by atoms with van der Waals surface area (Å²) in [5.41, 5.74) is 2.79. The monoisotopic (exact) mass is 247 g/mol. The Labute approximate surface area is 105 Å². The van der Waals surface area contributed by atoms with Gasteiger partial charge in [0.25, 0.3) is 0 Å². The average Bonchev–Trinajstić information content (AvgIpc) is 2.78. The molecule has 1 aliphatic carbocycles. The lowest BCUT2D eigenvalue weighted by molar-refractivity contribution is 0.477. The highest BCUT2D eigenvalue weighted by Crippen LogP contribution is 2.48. The molecule has 90 valence electrons. The van der Waals surface area contributed by atoms with Gasteiger partial charge >= 0.3 is 0 Å². The van der Waals surface area contributed by atoms with E-state index in [9.17, 15) is 0 Å². The Kier molecular flexibility index (Phi) is 2.76.